The zero-order chi connectivity index (χ0) is 13.9. The summed E-state index contributed by atoms with van der Waals surface area (Å²) < 4.78 is 4.64. The Morgan fingerprint density at radius 1 is 1.05 bits per heavy atom. The average Bonchev–Trinajstić information content (AvgIpc) is 2.43. The Labute approximate surface area is 112 Å². The van der Waals surface area contributed by atoms with E-state index in [1.807, 2.05) is 0 Å². The third kappa shape index (κ3) is 6.57. The largest absolute Gasteiger partial charge is 0.415 e. The number of aliphatic hydroxyl groups is 1. The molecule has 0 atom stereocenters. The van der Waals surface area contributed by atoms with E-state index in [0.717, 1.165) is 25.7 Å². The number of benzene rings is 1. The van der Waals surface area contributed by atoms with E-state index in [1.54, 1.807) is 30.3 Å². The maximum atomic E-state index is 11.5. The lowest BCUT2D eigenvalue weighted by atomic mass is 10.2. The predicted molar refractivity (Wildman–Crippen MR) is 70.8 cm³/mol. The highest BCUT2D eigenvalue weighted by atomic mass is 16.6. The van der Waals surface area contributed by atoms with Gasteiger partial charge < -0.3 is 15.2 Å². The van der Waals surface area contributed by atoms with Gasteiger partial charge in [0.1, 0.15) is 0 Å². The van der Waals surface area contributed by atoms with E-state index in [9.17, 15) is 9.59 Å². The van der Waals surface area contributed by atoms with Crippen LogP contribution in [0.25, 0.3) is 0 Å². The smallest absolute Gasteiger partial charge is 0.396 e. The van der Waals surface area contributed by atoms with Crippen molar-refractivity contribution in [2.24, 2.45) is 0 Å². The number of amides is 1. The molecule has 19 heavy (non-hydrogen) atoms. The molecule has 5 nitrogen and oxygen atoms in total. The van der Waals surface area contributed by atoms with E-state index in [0.29, 0.717) is 12.1 Å². The summed E-state index contributed by atoms with van der Waals surface area (Å²) in [7, 11) is 0. The zero-order valence-corrected chi connectivity index (χ0v) is 10.8. The second-order valence-electron chi connectivity index (χ2n) is 4.11. The number of rotatable bonds is 7. The monoisotopic (exact) mass is 265 g/mol. The molecular weight excluding hydrogens is 246 g/mol. The maximum absolute atomic E-state index is 11.5. The van der Waals surface area contributed by atoms with Crippen LogP contribution in [0.1, 0.15) is 36.0 Å². The van der Waals surface area contributed by atoms with E-state index in [4.69, 9.17) is 5.11 Å². The van der Waals surface area contributed by atoms with Gasteiger partial charge in [-0.1, -0.05) is 31.0 Å². The molecule has 1 rings (SSSR count). The van der Waals surface area contributed by atoms with Crippen LogP contribution in [0.3, 0.4) is 0 Å². The molecule has 2 N–H and O–H groups in total. The highest BCUT2D eigenvalue weighted by Crippen LogP contribution is 2.01. The van der Waals surface area contributed by atoms with Crippen molar-refractivity contribution in [3.05, 3.63) is 35.9 Å². The van der Waals surface area contributed by atoms with Crippen LogP contribution < -0.4 is 5.32 Å². The molecule has 104 valence electrons. The fourth-order valence-corrected chi connectivity index (χ4v) is 1.53. The minimum Gasteiger partial charge on any atom is -0.396 e. The molecule has 0 spiro atoms. The van der Waals surface area contributed by atoms with Gasteiger partial charge in [0.25, 0.3) is 0 Å². The Balaban J connectivity index is 2.16. The molecule has 0 heterocycles. The van der Waals surface area contributed by atoms with Gasteiger partial charge in [-0.25, -0.2) is 9.59 Å². The minimum absolute atomic E-state index is 0.195. The van der Waals surface area contributed by atoms with Crippen molar-refractivity contribution >= 4 is 12.1 Å². The van der Waals surface area contributed by atoms with Crippen molar-refractivity contribution < 1.29 is 19.4 Å². The van der Waals surface area contributed by atoms with Crippen molar-refractivity contribution in [2.45, 2.75) is 25.7 Å². The van der Waals surface area contributed by atoms with Gasteiger partial charge in [0, 0.05) is 13.2 Å². The summed E-state index contributed by atoms with van der Waals surface area (Å²) >= 11 is 0. The van der Waals surface area contributed by atoms with Crippen molar-refractivity contribution in [3.63, 3.8) is 0 Å². The number of alkyl carbamates (subject to hydrolysis) is 1. The Kier molecular flexibility index (Phi) is 7.27. The van der Waals surface area contributed by atoms with E-state index in [1.165, 1.54) is 0 Å². The molecule has 0 aliphatic rings. The molecule has 0 radical (unpaired) electrons. The van der Waals surface area contributed by atoms with E-state index in [2.05, 4.69) is 10.1 Å². The molecule has 0 aliphatic carbocycles. The van der Waals surface area contributed by atoms with Crippen LogP contribution >= 0.6 is 0 Å². The molecule has 0 fully saturated rings. The van der Waals surface area contributed by atoms with E-state index >= 15 is 0 Å². The van der Waals surface area contributed by atoms with E-state index in [-0.39, 0.29) is 6.61 Å². The van der Waals surface area contributed by atoms with Gasteiger partial charge in [0.2, 0.25) is 0 Å². The average molecular weight is 265 g/mol. The van der Waals surface area contributed by atoms with Crippen molar-refractivity contribution in [1.29, 1.82) is 0 Å². The summed E-state index contributed by atoms with van der Waals surface area (Å²) in [6, 6.07) is 8.36. The lowest BCUT2D eigenvalue weighted by Gasteiger charge is -2.05. The zero-order valence-electron chi connectivity index (χ0n) is 10.8. The Morgan fingerprint density at radius 2 is 1.74 bits per heavy atom. The topological polar surface area (TPSA) is 75.6 Å². The molecule has 0 bridgehead atoms. The summed E-state index contributed by atoms with van der Waals surface area (Å²) in [6.07, 6.45) is 2.70. The van der Waals surface area contributed by atoms with Crippen LogP contribution in [0.5, 0.6) is 0 Å². The van der Waals surface area contributed by atoms with Gasteiger partial charge in [-0.3, -0.25) is 0 Å². The summed E-state index contributed by atoms with van der Waals surface area (Å²) in [4.78, 5) is 22.8. The number of carbonyl (C=O) groups excluding carboxylic acids is 2. The van der Waals surface area contributed by atoms with Gasteiger partial charge >= 0.3 is 12.1 Å². The number of hydrogen-bond donors (Lipinski definition) is 2. The lowest BCUT2D eigenvalue weighted by molar-refractivity contribution is 0.0622. The Hall–Kier alpha value is -1.88. The van der Waals surface area contributed by atoms with Crippen molar-refractivity contribution in [1.82, 2.24) is 5.32 Å². The van der Waals surface area contributed by atoms with Crippen LogP contribution in [-0.2, 0) is 4.74 Å². The Bertz CT molecular complexity index is 392. The maximum Gasteiger partial charge on any atom is 0.415 e. The van der Waals surface area contributed by atoms with Crippen LogP contribution in [0.2, 0.25) is 0 Å². The van der Waals surface area contributed by atoms with Gasteiger partial charge in [0.05, 0.1) is 5.56 Å². The molecule has 1 aromatic rings. The summed E-state index contributed by atoms with van der Waals surface area (Å²) in [5, 5.41) is 11.1. The normalized spacial score (nSPS) is 9.95. The highest BCUT2D eigenvalue weighted by Gasteiger charge is 2.11. The van der Waals surface area contributed by atoms with Gasteiger partial charge in [-0.2, -0.15) is 0 Å². The van der Waals surface area contributed by atoms with Crippen molar-refractivity contribution in [3.8, 4) is 0 Å². The summed E-state index contributed by atoms with van der Waals surface area (Å²) in [5.41, 5.74) is 0.348. The second-order valence-corrected chi connectivity index (χ2v) is 4.11. The van der Waals surface area contributed by atoms with Gasteiger partial charge in [0.15, 0.2) is 0 Å². The predicted octanol–water partition coefficient (Wildman–Crippen LogP) is 2.11. The third-order valence-electron chi connectivity index (χ3n) is 2.55. The molecule has 0 aliphatic heterocycles. The molecule has 0 aromatic heterocycles. The first kappa shape index (κ1) is 15.2. The minimum atomic E-state index is -0.726. The number of carbonyl (C=O) groups is 2. The first-order valence-electron chi connectivity index (χ1n) is 6.40. The fourth-order valence-electron chi connectivity index (χ4n) is 1.53. The number of unbranched alkanes of at least 4 members (excludes halogenated alkanes) is 3. The molecule has 0 saturated carbocycles. The second kappa shape index (κ2) is 9.10. The number of hydrogen-bond acceptors (Lipinski definition) is 4. The lowest BCUT2D eigenvalue weighted by Crippen LogP contribution is -2.27. The molecule has 1 aromatic carbocycles. The molecule has 0 saturated heterocycles. The number of aliphatic hydroxyl groups excluding tert-OH is 1. The number of nitrogens with one attached hydrogen (secondary N) is 1. The highest BCUT2D eigenvalue weighted by molar-refractivity contribution is 5.96. The van der Waals surface area contributed by atoms with Crippen LogP contribution in [-0.4, -0.2) is 30.3 Å². The summed E-state index contributed by atoms with van der Waals surface area (Å²) in [6.45, 7) is 0.660. The molecule has 0 unspecified atom stereocenters. The van der Waals surface area contributed by atoms with Gasteiger partial charge in [-0.05, 0) is 25.0 Å². The van der Waals surface area contributed by atoms with E-state index < -0.39 is 12.1 Å². The van der Waals surface area contributed by atoms with Crippen LogP contribution in [0, 0.1) is 0 Å². The number of esters is 1. The molecule has 1 amide bonds. The standard InChI is InChI=1S/C14H19NO4/c16-11-7-2-1-6-10-15-14(18)19-13(17)12-8-4-3-5-9-12/h3-5,8-9,16H,1-2,6-7,10-11H2,(H,15,18). The quantitative estimate of drug-likeness (QED) is 0.450. The fraction of sp³-hybridized carbons (Fsp3) is 0.429. The number of ether oxygens (including phenoxy) is 1. The molecular formula is C14H19NO4. The van der Waals surface area contributed by atoms with Gasteiger partial charge in [-0.15, -0.1) is 0 Å². The van der Waals surface area contributed by atoms with Crippen molar-refractivity contribution in [2.75, 3.05) is 13.2 Å². The van der Waals surface area contributed by atoms with Crippen LogP contribution in [0.4, 0.5) is 4.79 Å². The first-order chi connectivity index (χ1) is 9.24. The third-order valence-corrected chi connectivity index (χ3v) is 2.55. The summed E-state index contributed by atoms with van der Waals surface area (Å²) in [5.74, 6) is -0.654. The molecule has 5 heteroatoms. The first-order valence-corrected chi connectivity index (χ1v) is 6.40. The Morgan fingerprint density at radius 3 is 2.42 bits per heavy atom. The van der Waals surface area contributed by atoms with Crippen LogP contribution in [0.15, 0.2) is 30.3 Å². The SMILES string of the molecule is O=C(NCCCCCCO)OC(=O)c1ccccc1.